The quantitative estimate of drug-likeness (QED) is 0.831. The van der Waals surface area contributed by atoms with E-state index in [9.17, 15) is 4.79 Å². The van der Waals surface area contributed by atoms with Crippen molar-refractivity contribution in [2.75, 3.05) is 0 Å². The first-order valence-electron chi connectivity index (χ1n) is 5.62. The number of nitrogens with zero attached hydrogens (tertiary/aromatic N) is 1. The number of H-pyrrole nitrogens is 1. The highest BCUT2D eigenvalue weighted by Gasteiger charge is 2.31. The number of fused-ring (bicyclic) bond motifs is 1. The van der Waals surface area contributed by atoms with Crippen molar-refractivity contribution in [2.24, 2.45) is 11.1 Å². The fourth-order valence-electron chi connectivity index (χ4n) is 2.23. The Hall–Kier alpha value is -1.84. The van der Waals surface area contributed by atoms with Crippen molar-refractivity contribution >= 4 is 16.8 Å². The Morgan fingerprint density at radius 3 is 2.71 bits per heavy atom. The summed E-state index contributed by atoms with van der Waals surface area (Å²) in [5.41, 5.74) is 7.18. The molecule has 4 nitrogen and oxygen atoms in total. The predicted molar refractivity (Wildman–Crippen MR) is 67.5 cm³/mol. The van der Waals surface area contributed by atoms with Gasteiger partial charge in [0.2, 0.25) is 5.91 Å². The van der Waals surface area contributed by atoms with Gasteiger partial charge in [0, 0.05) is 5.39 Å². The minimum absolute atomic E-state index is 0.195. The van der Waals surface area contributed by atoms with Gasteiger partial charge in [-0.25, -0.2) is 0 Å². The maximum atomic E-state index is 11.6. The standard InChI is InChI=1S/C13H17N3O/c1-13(2,3)11(12(14)17)8-4-5-9-7-15-16-10(9)6-8/h4-7,11H,1-3H3,(H2,14,17)(H,15,16). The molecule has 0 aliphatic carbocycles. The summed E-state index contributed by atoms with van der Waals surface area (Å²) in [4.78, 5) is 11.6. The topological polar surface area (TPSA) is 71.8 Å². The lowest BCUT2D eigenvalue weighted by Crippen LogP contribution is -2.31. The Bertz CT molecular complexity index is 551. The maximum absolute atomic E-state index is 11.6. The van der Waals surface area contributed by atoms with Gasteiger partial charge in [-0.2, -0.15) is 5.10 Å². The first kappa shape index (κ1) is 11.6. The van der Waals surface area contributed by atoms with Crippen molar-refractivity contribution in [1.82, 2.24) is 10.2 Å². The van der Waals surface area contributed by atoms with Gasteiger partial charge in [0.25, 0.3) is 0 Å². The largest absolute Gasteiger partial charge is 0.369 e. The zero-order chi connectivity index (χ0) is 12.6. The summed E-state index contributed by atoms with van der Waals surface area (Å²) in [6.45, 7) is 6.04. The third kappa shape index (κ3) is 2.16. The number of hydrogen-bond acceptors (Lipinski definition) is 2. The minimum atomic E-state index is -0.296. The van der Waals surface area contributed by atoms with Crippen LogP contribution in [0.15, 0.2) is 24.4 Å². The number of amides is 1. The normalized spacial score (nSPS) is 13.8. The van der Waals surface area contributed by atoms with Crippen LogP contribution in [0.3, 0.4) is 0 Å². The molecular formula is C13H17N3O. The number of hydrogen-bond donors (Lipinski definition) is 2. The third-order valence-corrected chi connectivity index (χ3v) is 2.95. The molecule has 1 heterocycles. The second-order valence-electron chi connectivity index (χ2n) is 5.42. The Balaban J connectivity index is 2.52. The second-order valence-corrected chi connectivity index (χ2v) is 5.42. The molecule has 0 spiro atoms. The van der Waals surface area contributed by atoms with E-state index in [-0.39, 0.29) is 17.2 Å². The van der Waals surface area contributed by atoms with E-state index < -0.39 is 0 Å². The smallest absolute Gasteiger partial charge is 0.225 e. The van der Waals surface area contributed by atoms with Gasteiger partial charge in [0.05, 0.1) is 17.6 Å². The summed E-state index contributed by atoms with van der Waals surface area (Å²) in [5, 5.41) is 7.90. The van der Waals surface area contributed by atoms with Gasteiger partial charge in [0.15, 0.2) is 0 Å². The van der Waals surface area contributed by atoms with E-state index in [0.717, 1.165) is 16.5 Å². The molecule has 1 aromatic carbocycles. The molecule has 90 valence electrons. The molecule has 0 aliphatic heterocycles. The molecule has 1 atom stereocenters. The summed E-state index contributed by atoms with van der Waals surface area (Å²) in [6, 6.07) is 5.84. The summed E-state index contributed by atoms with van der Waals surface area (Å²) < 4.78 is 0. The lowest BCUT2D eigenvalue weighted by Gasteiger charge is -2.28. The molecule has 1 aromatic heterocycles. The monoisotopic (exact) mass is 231 g/mol. The molecule has 0 fully saturated rings. The van der Waals surface area contributed by atoms with Gasteiger partial charge in [-0.1, -0.05) is 32.9 Å². The Morgan fingerprint density at radius 2 is 2.12 bits per heavy atom. The van der Waals surface area contributed by atoms with Crippen LogP contribution in [0.25, 0.3) is 10.9 Å². The Morgan fingerprint density at radius 1 is 1.41 bits per heavy atom. The van der Waals surface area contributed by atoms with Crippen molar-refractivity contribution < 1.29 is 4.79 Å². The molecule has 0 saturated heterocycles. The van der Waals surface area contributed by atoms with Gasteiger partial charge < -0.3 is 5.73 Å². The van der Waals surface area contributed by atoms with Crippen LogP contribution < -0.4 is 5.73 Å². The Kier molecular flexibility index (Phi) is 2.65. The molecule has 0 bridgehead atoms. The van der Waals surface area contributed by atoms with Crippen LogP contribution >= 0.6 is 0 Å². The van der Waals surface area contributed by atoms with Gasteiger partial charge in [0.1, 0.15) is 0 Å². The molecule has 0 aliphatic rings. The molecule has 3 N–H and O–H groups in total. The predicted octanol–water partition coefficient (Wildman–Crippen LogP) is 2.18. The van der Waals surface area contributed by atoms with Gasteiger partial charge >= 0.3 is 0 Å². The average Bonchev–Trinajstić information content (AvgIpc) is 2.61. The molecular weight excluding hydrogens is 214 g/mol. The number of primary amides is 1. The number of aromatic amines is 1. The maximum Gasteiger partial charge on any atom is 0.225 e. The highest BCUT2D eigenvalue weighted by Crippen LogP contribution is 2.35. The first-order chi connectivity index (χ1) is 7.89. The number of aromatic nitrogens is 2. The fraction of sp³-hybridized carbons (Fsp3) is 0.385. The second kappa shape index (κ2) is 3.87. The number of carbonyl (C=O) groups is 1. The lowest BCUT2D eigenvalue weighted by molar-refractivity contribution is -0.121. The van der Waals surface area contributed by atoms with Crippen molar-refractivity contribution in [2.45, 2.75) is 26.7 Å². The van der Waals surface area contributed by atoms with Crippen molar-refractivity contribution in [3.8, 4) is 0 Å². The molecule has 1 unspecified atom stereocenters. The number of nitrogens with two attached hydrogens (primary N) is 1. The van der Waals surface area contributed by atoms with Crippen LogP contribution in [-0.4, -0.2) is 16.1 Å². The van der Waals surface area contributed by atoms with E-state index in [2.05, 4.69) is 10.2 Å². The lowest BCUT2D eigenvalue weighted by atomic mass is 9.76. The Labute approximate surface area is 100 Å². The van der Waals surface area contributed by atoms with E-state index in [0.29, 0.717) is 0 Å². The van der Waals surface area contributed by atoms with Crippen molar-refractivity contribution in [1.29, 1.82) is 0 Å². The molecule has 2 aromatic rings. The number of nitrogens with one attached hydrogen (secondary N) is 1. The first-order valence-corrected chi connectivity index (χ1v) is 5.62. The molecule has 0 saturated carbocycles. The summed E-state index contributed by atoms with van der Waals surface area (Å²) >= 11 is 0. The van der Waals surface area contributed by atoms with Crippen LogP contribution in [0.2, 0.25) is 0 Å². The highest BCUT2D eigenvalue weighted by molar-refractivity contribution is 5.85. The average molecular weight is 231 g/mol. The third-order valence-electron chi connectivity index (χ3n) is 2.95. The van der Waals surface area contributed by atoms with Gasteiger partial charge in [-0.3, -0.25) is 9.89 Å². The zero-order valence-corrected chi connectivity index (χ0v) is 10.3. The number of carbonyl (C=O) groups excluding carboxylic acids is 1. The number of benzene rings is 1. The summed E-state index contributed by atoms with van der Waals surface area (Å²) in [7, 11) is 0. The fourth-order valence-corrected chi connectivity index (χ4v) is 2.23. The van der Waals surface area contributed by atoms with Crippen LogP contribution in [0.1, 0.15) is 32.3 Å². The molecule has 1 amide bonds. The summed E-state index contributed by atoms with van der Waals surface area (Å²) in [6.07, 6.45) is 1.76. The van der Waals surface area contributed by atoms with Gasteiger partial charge in [-0.15, -0.1) is 0 Å². The van der Waals surface area contributed by atoms with Crippen molar-refractivity contribution in [3.63, 3.8) is 0 Å². The molecule has 4 heteroatoms. The van der Waals surface area contributed by atoms with Gasteiger partial charge in [-0.05, 0) is 17.0 Å². The van der Waals surface area contributed by atoms with Crippen LogP contribution in [0.4, 0.5) is 0 Å². The van der Waals surface area contributed by atoms with E-state index >= 15 is 0 Å². The zero-order valence-electron chi connectivity index (χ0n) is 10.3. The molecule has 17 heavy (non-hydrogen) atoms. The number of rotatable bonds is 2. The van der Waals surface area contributed by atoms with E-state index in [1.54, 1.807) is 6.20 Å². The van der Waals surface area contributed by atoms with Crippen LogP contribution in [0, 0.1) is 5.41 Å². The van der Waals surface area contributed by atoms with Crippen LogP contribution in [0.5, 0.6) is 0 Å². The molecule has 2 rings (SSSR count). The van der Waals surface area contributed by atoms with E-state index in [4.69, 9.17) is 5.73 Å². The van der Waals surface area contributed by atoms with E-state index in [1.807, 2.05) is 39.0 Å². The van der Waals surface area contributed by atoms with Crippen molar-refractivity contribution in [3.05, 3.63) is 30.0 Å². The minimum Gasteiger partial charge on any atom is -0.369 e. The SMILES string of the molecule is CC(C)(C)C(C(N)=O)c1ccc2cn[nH]c2c1. The highest BCUT2D eigenvalue weighted by atomic mass is 16.1. The van der Waals surface area contributed by atoms with Crippen LogP contribution in [-0.2, 0) is 4.79 Å². The molecule has 0 radical (unpaired) electrons. The summed E-state index contributed by atoms with van der Waals surface area (Å²) in [5.74, 6) is -0.591. The van der Waals surface area contributed by atoms with E-state index in [1.165, 1.54) is 0 Å².